The van der Waals surface area contributed by atoms with Gasteiger partial charge in [0.2, 0.25) is 0 Å². The van der Waals surface area contributed by atoms with E-state index in [4.69, 9.17) is 9.47 Å². The number of hydrogen-bond donors (Lipinski definition) is 1. The molecular weight excluding hydrogens is 242 g/mol. The summed E-state index contributed by atoms with van der Waals surface area (Å²) in [5.74, 6) is 1.73. The second kappa shape index (κ2) is 5.80. The molecule has 0 spiro atoms. The SMILES string of the molecule is OC1CCN(CCCc2ccc3c(c2)OCCO3)C1. The standard InChI is InChI=1S/C15H21NO3/c17-13-5-7-16(11-13)6-1-2-12-3-4-14-15(10-12)19-9-8-18-14/h3-4,10,13,17H,1-2,5-9,11H2. The fourth-order valence-corrected chi connectivity index (χ4v) is 2.77. The van der Waals surface area contributed by atoms with Crippen LogP contribution < -0.4 is 9.47 Å². The minimum Gasteiger partial charge on any atom is -0.486 e. The van der Waals surface area contributed by atoms with E-state index in [1.807, 2.05) is 6.07 Å². The topological polar surface area (TPSA) is 41.9 Å². The molecule has 2 aliphatic heterocycles. The molecule has 4 heteroatoms. The zero-order chi connectivity index (χ0) is 13.1. The van der Waals surface area contributed by atoms with E-state index in [0.717, 1.165) is 50.4 Å². The number of nitrogens with zero attached hydrogens (tertiary/aromatic N) is 1. The van der Waals surface area contributed by atoms with Crippen molar-refractivity contribution in [2.45, 2.75) is 25.4 Å². The summed E-state index contributed by atoms with van der Waals surface area (Å²) in [6.45, 7) is 4.21. The highest BCUT2D eigenvalue weighted by Crippen LogP contribution is 2.31. The first kappa shape index (κ1) is 12.8. The molecule has 104 valence electrons. The first-order valence-corrected chi connectivity index (χ1v) is 7.10. The summed E-state index contributed by atoms with van der Waals surface area (Å²) in [6.07, 6.45) is 2.97. The minimum absolute atomic E-state index is 0.116. The van der Waals surface area contributed by atoms with E-state index >= 15 is 0 Å². The largest absolute Gasteiger partial charge is 0.486 e. The van der Waals surface area contributed by atoms with Gasteiger partial charge in [0.1, 0.15) is 13.2 Å². The lowest BCUT2D eigenvalue weighted by atomic mass is 10.1. The number of aliphatic hydroxyl groups excluding tert-OH is 1. The van der Waals surface area contributed by atoms with Crippen LogP contribution in [-0.2, 0) is 6.42 Å². The molecule has 1 aromatic carbocycles. The normalized spacial score (nSPS) is 22.7. The maximum Gasteiger partial charge on any atom is 0.161 e. The zero-order valence-electron chi connectivity index (χ0n) is 11.2. The van der Waals surface area contributed by atoms with Gasteiger partial charge in [-0.3, -0.25) is 0 Å². The summed E-state index contributed by atoms with van der Waals surface area (Å²) in [6, 6.07) is 6.21. The molecule has 0 radical (unpaired) electrons. The highest BCUT2D eigenvalue weighted by atomic mass is 16.6. The molecule has 1 unspecified atom stereocenters. The fourth-order valence-electron chi connectivity index (χ4n) is 2.77. The average molecular weight is 263 g/mol. The van der Waals surface area contributed by atoms with Crippen LogP contribution in [0.2, 0.25) is 0 Å². The van der Waals surface area contributed by atoms with Crippen molar-refractivity contribution in [3.05, 3.63) is 23.8 Å². The molecule has 1 fully saturated rings. The Hall–Kier alpha value is -1.26. The molecule has 1 aromatic rings. The van der Waals surface area contributed by atoms with Gasteiger partial charge in [-0.25, -0.2) is 0 Å². The van der Waals surface area contributed by atoms with Gasteiger partial charge in [0.05, 0.1) is 6.10 Å². The van der Waals surface area contributed by atoms with Crippen molar-refractivity contribution < 1.29 is 14.6 Å². The van der Waals surface area contributed by atoms with Gasteiger partial charge < -0.3 is 19.5 Å². The van der Waals surface area contributed by atoms with Crippen LogP contribution in [0, 0.1) is 0 Å². The van der Waals surface area contributed by atoms with Gasteiger partial charge in [0.25, 0.3) is 0 Å². The van der Waals surface area contributed by atoms with Crippen molar-refractivity contribution in [1.29, 1.82) is 0 Å². The summed E-state index contributed by atoms with van der Waals surface area (Å²) in [7, 11) is 0. The lowest BCUT2D eigenvalue weighted by Gasteiger charge is -2.19. The predicted octanol–water partition coefficient (Wildman–Crippen LogP) is 1.46. The van der Waals surface area contributed by atoms with E-state index in [2.05, 4.69) is 17.0 Å². The number of β-amino-alcohol motifs (C(OH)–C–C–N with tert-alkyl or cyclic N) is 1. The minimum atomic E-state index is -0.116. The monoisotopic (exact) mass is 263 g/mol. The van der Waals surface area contributed by atoms with Crippen LogP contribution in [0.15, 0.2) is 18.2 Å². The Labute approximate surface area is 113 Å². The Bertz CT molecular complexity index is 435. The highest BCUT2D eigenvalue weighted by molar-refractivity contribution is 5.43. The Balaban J connectivity index is 1.50. The van der Waals surface area contributed by atoms with Gasteiger partial charge >= 0.3 is 0 Å². The van der Waals surface area contributed by atoms with Gasteiger partial charge in [0, 0.05) is 13.1 Å². The van der Waals surface area contributed by atoms with E-state index in [1.165, 1.54) is 5.56 Å². The van der Waals surface area contributed by atoms with E-state index in [9.17, 15) is 5.11 Å². The van der Waals surface area contributed by atoms with Crippen LogP contribution in [0.3, 0.4) is 0 Å². The first-order chi connectivity index (χ1) is 9.31. The van der Waals surface area contributed by atoms with Gasteiger partial charge in [0.15, 0.2) is 11.5 Å². The number of fused-ring (bicyclic) bond motifs is 1. The Morgan fingerprint density at radius 2 is 2.05 bits per heavy atom. The Morgan fingerprint density at radius 3 is 2.84 bits per heavy atom. The van der Waals surface area contributed by atoms with Gasteiger partial charge in [-0.05, 0) is 43.5 Å². The fraction of sp³-hybridized carbons (Fsp3) is 0.600. The molecule has 0 bridgehead atoms. The molecule has 3 rings (SSSR count). The average Bonchev–Trinajstić information content (AvgIpc) is 2.84. The molecule has 2 aliphatic rings. The number of aliphatic hydroxyl groups is 1. The molecule has 0 saturated carbocycles. The van der Waals surface area contributed by atoms with Crippen molar-refractivity contribution in [3.63, 3.8) is 0 Å². The first-order valence-electron chi connectivity index (χ1n) is 7.10. The number of ether oxygens (including phenoxy) is 2. The van der Waals surface area contributed by atoms with Crippen LogP contribution in [0.4, 0.5) is 0 Å². The molecule has 0 amide bonds. The lowest BCUT2D eigenvalue weighted by Crippen LogP contribution is -2.23. The summed E-state index contributed by atoms with van der Waals surface area (Å²) in [5.41, 5.74) is 1.30. The van der Waals surface area contributed by atoms with Crippen molar-refractivity contribution in [3.8, 4) is 11.5 Å². The molecule has 19 heavy (non-hydrogen) atoms. The summed E-state index contributed by atoms with van der Waals surface area (Å²) in [4.78, 5) is 2.34. The molecule has 4 nitrogen and oxygen atoms in total. The van der Waals surface area contributed by atoms with Gasteiger partial charge in [-0.2, -0.15) is 0 Å². The third-order valence-electron chi connectivity index (χ3n) is 3.79. The summed E-state index contributed by atoms with van der Waals surface area (Å²) >= 11 is 0. The maximum absolute atomic E-state index is 9.48. The van der Waals surface area contributed by atoms with E-state index in [1.54, 1.807) is 0 Å². The number of rotatable bonds is 4. The second-order valence-corrected chi connectivity index (χ2v) is 5.32. The van der Waals surface area contributed by atoms with Crippen LogP contribution in [0.25, 0.3) is 0 Å². The molecule has 1 saturated heterocycles. The summed E-state index contributed by atoms with van der Waals surface area (Å²) in [5, 5.41) is 9.48. The number of benzene rings is 1. The molecule has 2 heterocycles. The Kier molecular flexibility index (Phi) is 3.89. The van der Waals surface area contributed by atoms with Crippen molar-refractivity contribution in [1.82, 2.24) is 4.90 Å². The smallest absolute Gasteiger partial charge is 0.161 e. The van der Waals surface area contributed by atoms with Crippen molar-refractivity contribution in [2.24, 2.45) is 0 Å². The Morgan fingerprint density at radius 1 is 1.21 bits per heavy atom. The van der Waals surface area contributed by atoms with Crippen LogP contribution in [0.1, 0.15) is 18.4 Å². The third kappa shape index (κ3) is 3.19. The van der Waals surface area contributed by atoms with Gasteiger partial charge in [-0.15, -0.1) is 0 Å². The lowest BCUT2D eigenvalue weighted by molar-refractivity contribution is 0.171. The number of likely N-dealkylation sites (tertiary alicyclic amines) is 1. The molecule has 1 N–H and O–H groups in total. The van der Waals surface area contributed by atoms with E-state index < -0.39 is 0 Å². The second-order valence-electron chi connectivity index (χ2n) is 5.32. The third-order valence-corrected chi connectivity index (χ3v) is 3.79. The maximum atomic E-state index is 9.48. The van der Waals surface area contributed by atoms with E-state index in [-0.39, 0.29) is 6.10 Å². The van der Waals surface area contributed by atoms with Crippen LogP contribution in [-0.4, -0.2) is 49.0 Å². The highest BCUT2D eigenvalue weighted by Gasteiger charge is 2.19. The molecule has 0 aromatic heterocycles. The predicted molar refractivity (Wildman–Crippen MR) is 72.8 cm³/mol. The number of aryl methyl sites for hydroxylation is 1. The van der Waals surface area contributed by atoms with E-state index in [0.29, 0.717) is 13.2 Å². The molecule has 1 atom stereocenters. The number of hydrogen-bond acceptors (Lipinski definition) is 4. The van der Waals surface area contributed by atoms with Crippen LogP contribution >= 0.6 is 0 Å². The van der Waals surface area contributed by atoms with Crippen molar-refractivity contribution >= 4 is 0 Å². The van der Waals surface area contributed by atoms with Crippen molar-refractivity contribution in [2.75, 3.05) is 32.8 Å². The zero-order valence-corrected chi connectivity index (χ0v) is 11.2. The van der Waals surface area contributed by atoms with Crippen LogP contribution in [0.5, 0.6) is 11.5 Å². The van der Waals surface area contributed by atoms with Gasteiger partial charge in [-0.1, -0.05) is 6.07 Å². The molecular formula is C15H21NO3. The quantitative estimate of drug-likeness (QED) is 0.893. The summed E-state index contributed by atoms with van der Waals surface area (Å²) < 4.78 is 11.1. The molecule has 0 aliphatic carbocycles.